The molecule has 0 fully saturated rings. The molecule has 1 heterocycles. The number of carbonyl (C=O) groups is 1. The third-order valence-corrected chi connectivity index (χ3v) is 3.56. The lowest BCUT2D eigenvalue weighted by Gasteiger charge is -2.15. The fraction of sp³-hybridized carbons (Fsp3) is 0.615. The average Bonchev–Trinajstić information content (AvgIpc) is 2.85. The van der Waals surface area contributed by atoms with Gasteiger partial charge < -0.3 is 4.74 Å². The van der Waals surface area contributed by atoms with Gasteiger partial charge in [0.1, 0.15) is 6.04 Å². The van der Waals surface area contributed by atoms with Gasteiger partial charge >= 0.3 is 5.97 Å². The zero-order chi connectivity index (χ0) is 12.5. The molecule has 1 aromatic heterocycles. The van der Waals surface area contributed by atoms with Crippen LogP contribution in [0.3, 0.4) is 0 Å². The number of hydrogen-bond acceptors (Lipinski definition) is 4. The Kier molecular flexibility index (Phi) is 6.89. The van der Waals surface area contributed by atoms with Crippen LogP contribution in [0.1, 0.15) is 37.5 Å². The molecule has 0 amide bonds. The van der Waals surface area contributed by atoms with Crippen LogP contribution >= 0.6 is 11.3 Å². The molecule has 1 rings (SSSR count). The van der Waals surface area contributed by atoms with Gasteiger partial charge in [-0.15, -0.1) is 11.3 Å². The van der Waals surface area contributed by atoms with Gasteiger partial charge in [-0.05, 0) is 17.9 Å². The van der Waals surface area contributed by atoms with Crippen molar-refractivity contribution >= 4 is 17.3 Å². The van der Waals surface area contributed by atoms with Crippen LogP contribution in [0.2, 0.25) is 0 Å². The van der Waals surface area contributed by atoms with E-state index in [9.17, 15) is 4.79 Å². The maximum atomic E-state index is 11.6. The molecular formula is C13H21NO2S. The van der Waals surface area contributed by atoms with Gasteiger partial charge in [-0.3, -0.25) is 10.1 Å². The monoisotopic (exact) mass is 255 g/mol. The summed E-state index contributed by atoms with van der Waals surface area (Å²) in [5.41, 5.74) is 0. The molecule has 96 valence electrons. The minimum atomic E-state index is -0.173. The molecule has 3 nitrogen and oxygen atoms in total. The molecule has 0 aliphatic heterocycles. The van der Waals surface area contributed by atoms with Crippen molar-refractivity contribution in [1.29, 1.82) is 0 Å². The molecule has 0 aliphatic carbocycles. The molecule has 1 atom stereocenters. The first-order valence-corrected chi connectivity index (χ1v) is 6.99. The van der Waals surface area contributed by atoms with Crippen LogP contribution in [0.25, 0.3) is 0 Å². The molecule has 1 aromatic rings. The van der Waals surface area contributed by atoms with Crippen molar-refractivity contribution in [3.63, 3.8) is 0 Å². The Morgan fingerprint density at radius 1 is 1.53 bits per heavy atom. The Morgan fingerprint density at radius 3 is 2.94 bits per heavy atom. The van der Waals surface area contributed by atoms with Gasteiger partial charge in [-0.2, -0.15) is 0 Å². The molecule has 0 saturated heterocycles. The standard InChI is InChI=1S/C13H21NO2S/c1-3-4-5-8-12(13(15)16-2)14-10-11-7-6-9-17-11/h6-7,9,12,14H,3-5,8,10H2,1-2H3. The SMILES string of the molecule is CCCCCC(NCc1cccs1)C(=O)OC. The zero-order valence-electron chi connectivity index (χ0n) is 10.6. The van der Waals surface area contributed by atoms with E-state index in [-0.39, 0.29) is 12.0 Å². The molecule has 0 aromatic carbocycles. The van der Waals surface area contributed by atoms with Crippen molar-refractivity contribution in [1.82, 2.24) is 5.32 Å². The van der Waals surface area contributed by atoms with E-state index in [1.165, 1.54) is 18.4 Å². The molecule has 1 N–H and O–H groups in total. The van der Waals surface area contributed by atoms with Gasteiger partial charge in [0.2, 0.25) is 0 Å². The highest BCUT2D eigenvalue weighted by Crippen LogP contribution is 2.10. The quantitative estimate of drug-likeness (QED) is 0.573. The van der Waals surface area contributed by atoms with Crippen LogP contribution < -0.4 is 5.32 Å². The van der Waals surface area contributed by atoms with E-state index >= 15 is 0 Å². The summed E-state index contributed by atoms with van der Waals surface area (Å²) in [6, 6.07) is 3.91. The van der Waals surface area contributed by atoms with E-state index < -0.39 is 0 Å². The van der Waals surface area contributed by atoms with E-state index in [0.717, 1.165) is 25.8 Å². The van der Waals surface area contributed by atoms with Gasteiger partial charge in [0.15, 0.2) is 0 Å². The first-order valence-electron chi connectivity index (χ1n) is 6.11. The molecular weight excluding hydrogens is 234 g/mol. The van der Waals surface area contributed by atoms with Crippen LogP contribution in [0.15, 0.2) is 17.5 Å². The molecule has 0 aliphatic rings. The van der Waals surface area contributed by atoms with Crippen molar-refractivity contribution in [2.75, 3.05) is 7.11 Å². The Bertz CT molecular complexity index is 311. The number of hydrogen-bond donors (Lipinski definition) is 1. The maximum Gasteiger partial charge on any atom is 0.322 e. The number of esters is 1. The number of thiophene rings is 1. The lowest BCUT2D eigenvalue weighted by Crippen LogP contribution is -2.37. The van der Waals surface area contributed by atoms with Crippen LogP contribution in [0.5, 0.6) is 0 Å². The van der Waals surface area contributed by atoms with Gasteiger partial charge in [0.05, 0.1) is 7.11 Å². The lowest BCUT2D eigenvalue weighted by molar-refractivity contribution is -0.143. The second-order valence-corrected chi connectivity index (χ2v) is 5.06. The van der Waals surface area contributed by atoms with Gasteiger partial charge in [0, 0.05) is 11.4 Å². The smallest absolute Gasteiger partial charge is 0.322 e. The minimum absolute atomic E-state index is 0.155. The van der Waals surface area contributed by atoms with Gasteiger partial charge in [-0.1, -0.05) is 32.3 Å². The Morgan fingerprint density at radius 2 is 2.35 bits per heavy atom. The Hall–Kier alpha value is -0.870. The average molecular weight is 255 g/mol. The summed E-state index contributed by atoms with van der Waals surface area (Å²) in [7, 11) is 1.45. The Balaban J connectivity index is 2.37. The van der Waals surface area contributed by atoms with E-state index in [0.29, 0.717) is 0 Å². The second kappa shape index (κ2) is 8.25. The number of nitrogens with one attached hydrogen (secondary N) is 1. The summed E-state index contributed by atoms with van der Waals surface area (Å²) >= 11 is 1.70. The van der Waals surface area contributed by atoms with Crippen molar-refractivity contribution in [2.45, 2.75) is 45.2 Å². The molecule has 1 unspecified atom stereocenters. The first-order chi connectivity index (χ1) is 8.27. The third-order valence-electron chi connectivity index (χ3n) is 2.68. The number of carbonyl (C=O) groups excluding carboxylic acids is 1. The fourth-order valence-electron chi connectivity index (χ4n) is 1.68. The van der Waals surface area contributed by atoms with Gasteiger partial charge in [-0.25, -0.2) is 0 Å². The Labute approximate surface area is 107 Å². The summed E-state index contributed by atoms with van der Waals surface area (Å²) in [6.45, 7) is 2.90. The maximum absolute atomic E-state index is 11.6. The highest BCUT2D eigenvalue weighted by molar-refractivity contribution is 7.09. The predicted octanol–water partition coefficient (Wildman–Crippen LogP) is 2.96. The number of ether oxygens (including phenoxy) is 1. The molecule has 0 radical (unpaired) electrons. The number of unbranched alkanes of at least 4 members (excludes halogenated alkanes) is 2. The normalized spacial score (nSPS) is 12.4. The highest BCUT2D eigenvalue weighted by atomic mass is 32.1. The van der Waals surface area contributed by atoms with Crippen LogP contribution in [0, 0.1) is 0 Å². The van der Waals surface area contributed by atoms with Crippen molar-refractivity contribution < 1.29 is 9.53 Å². The molecule has 0 spiro atoms. The molecule has 0 bridgehead atoms. The lowest BCUT2D eigenvalue weighted by atomic mass is 10.1. The van der Waals surface area contributed by atoms with Crippen LogP contribution in [-0.2, 0) is 16.1 Å². The number of methoxy groups -OCH3 is 1. The molecule has 0 saturated carbocycles. The largest absolute Gasteiger partial charge is 0.468 e. The van der Waals surface area contributed by atoms with E-state index in [1.54, 1.807) is 11.3 Å². The highest BCUT2D eigenvalue weighted by Gasteiger charge is 2.17. The van der Waals surface area contributed by atoms with Crippen molar-refractivity contribution in [3.05, 3.63) is 22.4 Å². The summed E-state index contributed by atoms with van der Waals surface area (Å²) < 4.78 is 4.81. The van der Waals surface area contributed by atoms with E-state index in [2.05, 4.69) is 18.3 Å². The third kappa shape index (κ3) is 5.33. The minimum Gasteiger partial charge on any atom is -0.468 e. The number of rotatable bonds is 8. The molecule has 17 heavy (non-hydrogen) atoms. The topological polar surface area (TPSA) is 38.3 Å². The summed E-state index contributed by atoms with van der Waals surface area (Å²) in [6.07, 6.45) is 4.24. The van der Waals surface area contributed by atoms with Gasteiger partial charge in [0.25, 0.3) is 0 Å². The molecule has 4 heteroatoms. The fourth-order valence-corrected chi connectivity index (χ4v) is 2.34. The zero-order valence-corrected chi connectivity index (χ0v) is 11.4. The first kappa shape index (κ1) is 14.2. The van der Waals surface area contributed by atoms with E-state index in [1.807, 2.05) is 11.4 Å². The second-order valence-electron chi connectivity index (χ2n) is 4.03. The van der Waals surface area contributed by atoms with Crippen LogP contribution in [-0.4, -0.2) is 19.1 Å². The van der Waals surface area contributed by atoms with Crippen LogP contribution in [0.4, 0.5) is 0 Å². The predicted molar refractivity (Wildman–Crippen MR) is 71.1 cm³/mol. The van der Waals surface area contributed by atoms with E-state index in [4.69, 9.17) is 4.74 Å². The van der Waals surface area contributed by atoms with Crippen molar-refractivity contribution in [3.8, 4) is 0 Å². The van der Waals surface area contributed by atoms with Crippen molar-refractivity contribution in [2.24, 2.45) is 0 Å². The summed E-state index contributed by atoms with van der Waals surface area (Å²) in [4.78, 5) is 12.8. The summed E-state index contributed by atoms with van der Waals surface area (Å²) in [5.74, 6) is -0.155. The summed E-state index contributed by atoms with van der Waals surface area (Å²) in [5, 5.41) is 5.31.